The van der Waals surface area contributed by atoms with E-state index in [1.54, 1.807) is 0 Å². The highest BCUT2D eigenvalue weighted by Gasteiger charge is 2.52. The van der Waals surface area contributed by atoms with E-state index in [-0.39, 0.29) is 17.0 Å². The summed E-state index contributed by atoms with van der Waals surface area (Å²) in [6.45, 7) is 6.65. The molecule has 0 aliphatic carbocycles. The normalized spacial score (nSPS) is 42.7. The lowest BCUT2D eigenvalue weighted by atomic mass is 9.88. The molecule has 0 aromatic heterocycles. The van der Waals surface area contributed by atoms with Crippen LogP contribution in [-0.4, -0.2) is 35.0 Å². The van der Waals surface area contributed by atoms with Crippen molar-refractivity contribution in [1.29, 1.82) is 0 Å². The maximum Gasteiger partial charge on any atom is 0.222 e. The van der Waals surface area contributed by atoms with Crippen molar-refractivity contribution < 1.29 is 4.92 Å². The Morgan fingerprint density at radius 1 is 1.36 bits per heavy atom. The molecule has 2 fully saturated rings. The number of nitrogens with zero attached hydrogens (tertiary/aromatic N) is 2. The third-order valence-electron chi connectivity index (χ3n) is 3.62. The molecule has 0 saturated carbocycles. The van der Waals surface area contributed by atoms with Crippen LogP contribution in [0.15, 0.2) is 0 Å². The zero-order valence-electron chi connectivity index (χ0n) is 8.90. The Morgan fingerprint density at radius 2 is 1.86 bits per heavy atom. The van der Waals surface area contributed by atoms with Gasteiger partial charge in [0.05, 0.1) is 5.54 Å². The molecule has 14 heavy (non-hydrogen) atoms. The first-order chi connectivity index (χ1) is 6.52. The van der Waals surface area contributed by atoms with Gasteiger partial charge in [-0.1, -0.05) is 13.8 Å². The molecule has 0 aromatic rings. The van der Waals surface area contributed by atoms with Crippen molar-refractivity contribution in [2.45, 2.75) is 32.2 Å². The molecule has 0 spiro atoms. The average molecular weight is 198 g/mol. The first-order valence-electron chi connectivity index (χ1n) is 5.39. The Bertz CT molecular complexity index is 241. The summed E-state index contributed by atoms with van der Waals surface area (Å²) in [7, 11) is 0. The zero-order chi connectivity index (χ0) is 10.3. The van der Waals surface area contributed by atoms with Crippen LogP contribution in [0.1, 0.15) is 26.7 Å². The van der Waals surface area contributed by atoms with Gasteiger partial charge in [0.25, 0.3) is 0 Å². The molecule has 80 valence electrons. The van der Waals surface area contributed by atoms with Gasteiger partial charge in [0.1, 0.15) is 0 Å². The highest BCUT2D eigenvalue weighted by Crippen LogP contribution is 2.43. The predicted octanol–water partition coefficient (Wildman–Crippen LogP) is 1.38. The van der Waals surface area contributed by atoms with E-state index in [1.807, 2.05) is 0 Å². The third-order valence-corrected chi connectivity index (χ3v) is 3.62. The van der Waals surface area contributed by atoms with Crippen LogP contribution < -0.4 is 0 Å². The van der Waals surface area contributed by atoms with Gasteiger partial charge >= 0.3 is 0 Å². The summed E-state index contributed by atoms with van der Waals surface area (Å²) in [5.74, 6) is 1.25. The fraction of sp³-hybridized carbons (Fsp3) is 1.00. The fourth-order valence-electron chi connectivity index (χ4n) is 3.45. The third kappa shape index (κ3) is 1.52. The van der Waals surface area contributed by atoms with Crippen LogP contribution in [0.4, 0.5) is 0 Å². The first kappa shape index (κ1) is 9.90. The molecule has 2 rings (SSSR count). The van der Waals surface area contributed by atoms with Crippen molar-refractivity contribution in [2.75, 3.05) is 19.6 Å². The summed E-state index contributed by atoms with van der Waals surface area (Å²) < 4.78 is 0. The Balaban J connectivity index is 2.16. The molecule has 0 radical (unpaired) electrons. The van der Waals surface area contributed by atoms with Gasteiger partial charge in [0.15, 0.2) is 0 Å². The van der Waals surface area contributed by atoms with E-state index < -0.39 is 0 Å². The van der Waals surface area contributed by atoms with Crippen molar-refractivity contribution in [1.82, 2.24) is 4.90 Å². The Hall–Kier alpha value is -0.640. The number of hydrogen-bond acceptors (Lipinski definition) is 3. The van der Waals surface area contributed by atoms with E-state index >= 15 is 0 Å². The Labute approximate surface area is 84.4 Å². The molecular formula is C10H18N2O2. The number of fused-ring (bicyclic) bond motifs is 1. The second kappa shape index (κ2) is 3.19. The van der Waals surface area contributed by atoms with Crippen molar-refractivity contribution in [3.63, 3.8) is 0 Å². The highest BCUT2D eigenvalue weighted by molar-refractivity contribution is 5.03. The van der Waals surface area contributed by atoms with Crippen LogP contribution in [0.25, 0.3) is 0 Å². The van der Waals surface area contributed by atoms with Gasteiger partial charge in [-0.15, -0.1) is 0 Å². The summed E-state index contributed by atoms with van der Waals surface area (Å²) in [5, 5.41) is 10.7. The summed E-state index contributed by atoms with van der Waals surface area (Å²) in [6, 6.07) is 0. The van der Waals surface area contributed by atoms with E-state index in [2.05, 4.69) is 18.7 Å². The minimum atomic E-state index is -0.136. The summed E-state index contributed by atoms with van der Waals surface area (Å²) in [6.07, 6.45) is 2.02. The zero-order valence-corrected chi connectivity index (χ0v) is 8.90. The molecule has 4 nitrogen and oxygen atoms in total. The fourth-order valence-corrected chi connectivity index (χ4v) is 3.45. The summed E-state index contributed by atoms with van der Waals surface area (Å²) in [5.41, 5.74) is -0.0949. The van der Waals surface area contributed by atoms with E-state index in [0.717, 1.165) is 25.9 Å². The second-order valence-electron chi connectivity index (χ2n) is 5.24. The number of nitro groups is 1. The molecule has 4 heteroatoms. The van der Waals surface area contributed by atoms with Gasteiger partial charge in [-0.2, -0.15) is 0 Å². The van der Waals surface area contributed by atoms with Gasteiger partial charge in [0.2, 0.25) is 6.54 Å². The van der Waals surface area contributed by atoms with Gasteiger partial charge in [0, 0.05) is 18.0 Å². The van der Waals surface area contributed by atoms with Crippen molar-refractivity contribution in [2.24, 2.45) is 11.8 Å². The maximum atomic E-state index is 10.7. The Morgan fingerprint density at radius 3 is 2.29 bits per heavy atom. The smallest absolute Gasteiger partial charge is 0.222 e. The molecule has 2 aliphatic rings. The lowest BCUT2D eigenvalue weighted by Crippen LogP contribution is -2.44. The monoisotopic (exact) mass is 198 g/mol. The van der Waals surface area contributed by atoms with Gasteiger partial charge in [-0.25, -0.2) is 0 Å². The molecule has 2 saturated heterocycles. The van der Waals surface area contributed by atoms with E-state index in [4.69, 9.17) is 0 Å². The molecule has 0 bridgehead atoms. The number of hydrogen-bond donors (Lipinski definition) is 0. The molecule has 2 aliphatic heterocycles. The van der Waals surface area contributed by atoms with Gasteiger partial charge in [-0.05, 0) is 24.7 Å². The van der Waals surface area contributed by atoms with Crippen LogP contribution >= 0.6 is 0 Å². The second-order valence-corrected chi connectivity index (χ2v) is 5.24. The quantitative estimate of drug-likeness (QED) is 0.497. The molecule has 0 aromatic carbocycles. The van der Waals surface area contributed by atoms with Crippen LogP contribution in [0.5, 0.6) is 0 Å². The van der Waals surface area contributed by atoms with Crippen LogP contribution in [0, 0.1) is 22.0 Å². The van der Waals surface area contributed by atoms with E-state index in [0.29, 0.717) is 11.8 Å². The first-order valence-corrected chi connectivity index (χ1v) is 5.39. The SMILES string of the molecule is CC1CN2CC(C)CC2(C[N+](=O)[O-])C1. The van der Waals surface area contributed by atoms with Crippen molar-refractivity contribution in [3.05, 3.63) is 10.1 Å². The van der Waals surface area contributed by atoms with Crippen LogP contribution in [-0.2, 0) is 0 Å². The van der Waals surface area contributed by atoms with Gasteiger partial charge in [-0.3, -0.25) is 15.0 Å². The van der Waals surface area contributed by atoms with Crippen LogP contribution in [0.2, 0.25) is 0 Å². The van der Waals surface area contributed by atoms with E-state index in [1.165, 1.54) is 0 Å². The molecule has 2 unspecified atom stereocenters. The summed E-state index contributed by atoms with van der Waals surface area (Å²) in [4.78, 5) is 12.9. The molecule has 2 atom stereocenters. The summed E-state index contributed by atoms with van der Waals surface area (Å²) >= 11 is 0. The minimum absolute atomic E-state index is 0.0949. The maximum absolute atomic E-state index is 10.7. The van der Waals surface area contributed by atoms with E-state index in [9.17, 15) is 10.1 Å². The van der Waals surface area contributed by atoms with Crippen molar-refractivity contribution >= 4 is 0 Å². The average Bonchev–Trinajstić information content (AvgIpc) is 2.36. The molecule has 2 heterocycles. The minimum Gasteiger partial charge on any atom is -0.291 e. The standard InChI is InChI=1S/C10H18N2O2/c1-8-3-10(7-12(13)14)4-9(2)6-11(10)5-8/h8-9H,3-7H2,1-2H3. The number of rotatable bonds is 2. The molecular weight excluding hydrogens is 180 g/mol. The molecule has 0 N–H and O–H groups in total. The topological polar surface area (TPSA) is 46.4 Å². The van der Waals surface area contributed by atoms with Crippen molar-refractivity contribution in [3.8, 4) is 0 Å². The predicted molar refractivity (Wildman–Crippen MR) is 53.7 cm³/mol. The highest BCUT2D eigenvalue weighted by atomic mass is 16.6. The Kier molecular flexibility index (Phi) is 2.26. The van der Waals surface area contributed by atoms with Gasteiger partial charge < -0.3 is 0 Å². The lowest BCUT2D eigenvalue weighted by molar-refractivity contribution is -0.493. The largest absolute Gasteiger partial charge is 0.291 e. The molecule has 0 amide bonds. The van der Waals surface area contributed by atoms with Crippen LogP contribution in [0.3, 0.4) is 0 Å². The lowest BCUT2D eigenvalue weighted by Gasteiger charge is -2.27.